The number of hydrazone groups is 2. The first-order valence-electron chi connectivity index (χ1n) is 17.1. The van der Waals surface area contributed by atoms with E-state index in [1.807, 2.05) is 0 Å². The van der Waals surface area contributed by atoms with Crippen molar-refractivity contribution >= 4 is 68.0 Å². The van der Waals surface area contributed by atoms with Crippen molar-refractivity contribution < 1.29 is 38.1 Å². The third kappa shape index (κ3) is 13.9. The number of ether oxygens (including phenoxy) is 4. The Hall–Kier alpha value is -5.34. The van der Waals surface area contributed by atoms with E-state index >= 15 is 0 Å². The fourth-order valence-corrected chi connectivity index (χ4v) is 5.69. The van der Waals surface area contributed by atoms with Crippen LogP contribution in [0.3, 0.4) is 0 Å². The third-order valence-corrected chi connectivity index (χ3v) is 8.83. The summed E-state index contributed by atoms with van der Waals surface area (Å²) in [6, 6.07) is 23.4. The summed E-state index contributed by atoms with van der Waals surface area (Å²) in [6.45, 7) is 0. The van der Waals surface area contributed by atoms with Crippen molar-refractivity contribution in [2.45, 2.75) is 51.4 Å². The lowest BCUT2D eigenvalue weighted by Gasteiger charge is -2.08. The molecular formula is C40H40Br2N4O8. The van der Waals surface area contributed by atoms with Crippen molar-refractivity contribution in [1.82, 2.24) is 10.9 Å². The van der Waals surface area contributed by atoms with Crippen LogP contribution < -0.4 is 29.8 Å². The molecule has 0 radical (unpaired) electrons. The number of hydrogen-bond acceptors (Lipinski definition) is 10. The van der Waals surface area contributed by atoms with Gasteiger partial charge in [-0.2, -0.15) is 10.2 Å². The van der Waals surface area contributed by atoms with Crippen LogP contribution in [0, 0.1) is 0 Å². The Balaban J connectivity index is 1.09. The van der Waals surface area contributed by atoms with E-state index in [0.29, 0.717) is 70.9 Å². The van der Waals surface area contributed by atoms with Crippen molar-refractivity contribution in [3.63, 3.8) is 0 Å². The first-order chi connectivity index (χ1) is 26.1. The van der Waals surface area contributed by atoms with Crippen LogP contribution in [0.1, 0.15) is 83.2 Å². The van der Waals surface area contributed by atoms with Gasteiger partial charge >= 0.3 is 11.9 Å². The highest BCUT2D eigenvalue weighted by Gasteiger charge is 2.14. The number of nitrogens with zero attached hydrogens (tertiary/aromatic N) is 2. The summed E-state index contributed by atoms with van der Waals surface area (Å²) in [4.78, 5) is 49.9. The lowest BCUT2D eigenvalue weighted by molar-refractivity contribution is -0.122. The molecule has 0 aliphatic rings. The average Bonchev–Trinajstić information content (AvgIpc) is 3.17. The Bertz CT molecular complexity index is 1810. The summed E-state index contributed by atoms with van der Waals surface area (Å²) in [5.74, 6) is 0.329. The van der Waals surface area contributed by atoms with Gasteiger partial charge in [-0.05, 0) is 97.8 Å². The normalized spacial score (nSPS) is 11.0. The van der Waals surface area contributed by atoms with Gasteiger partial charge in [-0.15, -0.1) is 0 Å². The third-order valence-electron chi connectivity index (χ3n) is 7.84. The zero-order chi connectivity index (χ0) is 38.7. The molecule has 2 N–H and O–H groups in total. The van der Waals surface area contributed by atoms with Crippen molar-refractivity contribution in [3.8, 4) is 23.0 Å². The van der Waals surface area contributed by atoms with Gasteiger partial charge in [0.2, 0.25) is 11.8 Å². The van der Waals surface area contributed by atoms with Gasteiger partial charge in [0.05, 0.1) is 37.8 Å². The highest BCUT2D eigenvalue weighted by Crippen LogP contribution is 2.25. The van der Waals surface area contributed by atoms with E-state index in [4.69, 9.17) is 18.9 Å². The molecule has 0 saturated heterocycles. The van der Waals surface area contributed by atoms with E-state index in [9.17, 15) is 19.2 Å². The fraction of sp³-hybridized carbons (Fsp3) is 0.250. The van der Waals surface area contributed by atoms with Crippen LogP contribution in [0.15, 0.2) is 104 Å². The lowest BCUT2D eigenvalue weighted by atomic mass is 10.1. The predicted molar refractivity (Wildman–Crippen MR) is 213 cm³/mol. The number of nitrogens with one attached hydrogen (secondary N) is 2. The maximum atomic E-state index is 12.6. The first kappa shape index (κ1) is 41.4. The number of unbranched alkanes of at least 4 members (excludes halogenated alkanes) is 5. The van der Waals surface area contributed by atoms with Gasteiger partial charge in [0, 0.05) is 32.9 Å². The molecule has 4 aromatic rings. The summed E-state index contributed by atoms with van der Waals surface area (Å²) in [5, 5.41) is 8.10. The van der Waals surface area contributed by atoms with E-state index in [1.165, 1.54) is 12.4 Å². The quantitative estimate of drug-likeness (QED) is 0.0314. The van der Waals surface area contributed by atoms with Crippen LogP contribution in [-0.4, -0.2) is 50.4 Å². The predicted octanol–water partition coefficient (Wildman–Crippen LogP) is 8.39. The maximum absolute atomic E-state index is 12.6. The second kappa shape index (κ2) is 22.0. The minimum atomic E-state index is -0.536. The summed E-state index contributed by atoms with van der Waals surface area (Å²) in [7, 11) is 3.09. The largest absolute Gasteiger partial charge is 0.497 e. The topological polar surface area (TPSA) is 154 Å². The summed E-state index contributed by atoms with van der Waals surface area (Å²) in [5.41, 5.74) is 6.80. The number of esters is 2. The molecule has 0 aromatic heterocycles. The average molecular weight is 865 g/mol. The van der Waals surface area contributed by atoms with Crippen molar-refractivity contribution in [1.29, 1.82) is 0 Å². The maximum Gasteiger partial charge on any atom is 0.343 e. The van der Waals surface area contributed by atoms with Gasteiger partial charge < -0.3 is 18.9 Å². The van der Waals surface area contributed by atoms with Crippen molar-refractivity contribution in [3.05, 3.63) is 116 Å². The molecule has 0 atom stereocenters. The molecule has 0 heterocycles. The summed E-state index contributed by atoms with van der Waals surface area (Å²) in [6.07, 6.45) is 8.48. The Morgan fingerprint density at radius 1 is 0.556 bits per heavy atom. The number of amides is 2. The second-order valence-corrected chi connectivity index (χ2v) is 13.6. The lowest BCUT2D eigenvalue weighted by Crippen LogP contribution is -2.17. The van der Waals surface area contributed by atoms with E-state index < -0.39 is 11.9 Å². The van der Waals surface area contributed by atoms with Crippen LogP contribution in [0.25, 0.3) is 0 Å². The Morgan fingerprint density at radius 3 is 1.30 bits per heavy atom. The molecule has 0 fully saturated rings. The second-order valence-electron chi connectivity index (χ2n) is 11.8. The monoisotopic (exact) mass is 862 g/mol. The van der Waals surface area contributed by atoms with E-state index in [0.717, 1.165) is 34.6 Å². The molecule has 0 saturated carbocycles. The van der Waals surface area contributed by atoms with Crippen molar-refractivity contribution in [2.75, 3.05) is 14.2 Å². The van der Waals surface area contributed by atoms with E-state index in [1.54, 1.807) is 99.1 Å². The number of carbonyl (C=O) groups excluding carboxylic acids is 4. The summed E-state index contributed by atoms with van der Waals surface area (Å²) >= 11 is 6.81. The molecule has 12 nitrogen and oxygen atoms in total. The fourth-order valence-electron chi connectivity index (χ4n) is 4.94. The number of halogens is 2. The minimum absolute atomic E-state index is 0.222. The van der Waals surface area contributed by atoms with Gasteiger partial charge in [-0.3, -0.25) is 9.59 Å². The SMILES string of the molecule is COc1ccc(C(=O)Oc2ccc(Br)cc2/C=N/NC(=O)CCCCCCCCC(=O)N/N=C/c2cc(Br)ccc2OC(=O)c2ccc(OC)cc2)cc1. The Morgan fingerprint density at radius 2 is 0.926 bits per heavy atom. The van der Waals surface area contributed by atoms with Crippen molar-refractivity contribution in [2.24, 2.45) is 10.2 Å². The van der Waals surface area contributed by atoms with Crippen LogP contribution >= 0.6 is 31.9 Å². The molecule has 54 heavy (non-hydrogen) atoms. The molecule has 4 aromatic carbocycles. The van der Waals surface area contributed by atoms with Gasteiger partial charge in [0.25, 0.3) is 0 Å². The smallest absolute Gasteiger partial charge is 0.343 e. The van der Waals surface area contributed by atoms with Crippen LogP contribution in [0.5, 0.6) is 23.0 Å². The van der Waals surface area contributed by atoms with Crippen LogP contribution in [0.4, 0.5) is 0 Å². The molecule has 0 spiro atoms. The van der Waals surface area contributed by atoms with Gasteiger partial charge in [-0.1, -0.05) is 57.5 Å². The number of methoxy groups -OCH3 is 2. The number of carbonyl (C=O) groups is 4. The Kier molecular flexibility index (Phi) is 16.9. The van der Waals surface area contributed by atoms with Crippen LogP contribution in [0.2, 0.25) is 0 Å². The zero-order valence-electron chi connectivity index (χ0n) is 29.8. The number of rotatable bonds is 19. The van der Waals surface area contributed by atoms with E-state index in [-0.39, 0.29) is 11.8 Å². The zero-order valence-corrected chi connectivity index (χ0v) is 33.0. The molecule has 4 rings (SSSR count). The number of hydrogen-bond donors (Lipinski definition) is 2. The van der Waals surface area contributed by atoms with E-state index in [2.05, 4.69) is 52.9 Å². The minimum Gasteiger partial charge on any atom is -0.497 e. The van der Waals surface area contributed by atoms with Crippen LogP contribution in [-0.2, 0) is 9.59 Å². The van der Waals surface area contributed by atoms with Gasteiger partial charge in [-0.25, -0.2) is 20.4 Å². The van der Waals surface area contributed by atoms with Gasteiger partial charge in [0.1, 0.15) is 23.0 Å². The van der Waals surface area contributed by atoms with Gasteiger partial charge in [0.15, 0.2) is 0 Å². The molecule has 0 aliphatic heterocycles. The molecular weight excluding hydrogens is 824 g/mol. The first-order valence-corrected chi connectivity index (χ1v) is 18.7. The molecule has 0 bridgehead atoms. The highest BCUT2D eigenvalue weighted by atomic mass is 79.9. The molecule has 0 unspecified atom stereocenters. The number of benzene rings is 4. The highest BCUT2D eigenvalue weighted by molar-refractivity contribution is 9.10. The molecule has 2 amide bonds. The summed E-state index contributed by atoms with van der Waals surface area (Å²) < 4.78 is 22.9. The molecule has 0 aliphatic carbocycles. The molecule has 14 heteroatoms. The standard InChI is InChI=1S/C40H40Br2N4O8/c1-51-33-17-11-27(12-18-33)39(49)53-35-21-15-31(41)23-29(35)25-43-45-37(47)9-7-5-3-4-6-8-10-38(48)46-44-26-30-24-32(42)16-22-36(30)54-40(50)28-13-19-34(52-2)20-14-28/h11-26H,3-10H2,1-2H3,(H,45,47)(H,46,48)/b43-25+,44-26+. The molecule has 282 valence electrons. The Labute approximate surface area is 330 Å².